The van der Waals surface area contributed by atoms with Crippen molar-refractivity contribution < 1.29 is 18.9 Å². The maximum atomic E-state index is 13.7. The van der Waals surface area contributed by atoms with Crippen molar-refractivity contribution in [3.8, 4) is 11.3 Å². The number of aromatic nitrogens is 1. The number of fused-ring (bicyclic) bond motifs is 1. The number of nitro groups is 1. The normalized spacial score (nSPS) is 15.2. The Morgan fingerprint density at radius 2 is 2.00 bits per heavy atom. The minimum Gasteiger partial charge on any atom is -0.463 e. The molecule has 5 rings (SSSR count). The van der Waals surface area contributed by atoms with Gasteiger partial charge in [0, 0.05) is 22.2 Å². The van der Waals surface area contributed by atoms with Crippen molar-refractivity contribution in [2.75, 3.05) is 6.61 Å². The van der Waals surface area contributed by atoms with Crippen LogP contribution in [0, 0.1) is 10.1 Å². The standard InChI is InChI=1S/C27H19BrClN3O6S/c1-3-37-26(34)23-14(2)30-27-31(24(23)15-4-7-17(28)8-5-15)25(33)22(39-27)13-18-9-11-21(38-18)16-6-10-19(29)20(12-16)32(35)36/h4-13,24H,3H2,1-2H3/b22-13-/t24-/m1/s1. The number of nitrogens with zero attached hydrogens (tertiary/aromatic N) is 3. The van der Waals surface area contributed by atoms with Crippen molar-refractivity contribution in [2.24, 2.45) is 4.99 Å². The number of hydrogen-bond acceptors (Lipinski definition) is 8. The van der Waals surface area contributed by atoms with E-state index in [1.165, 1.54) is 28.0 Å². The molecule has 1 atom stereocenters. The lowest BCUT2D eigenvalue weighted by molar-refractivity contribution is -0.384. The van der Waals surface area contributed by atoms with E-state index in [0.29, 0.717) is 37.7 Å². The fourth-order valence-electron chi connectivity index (χ4n) is 4.27. The van der Waals surface area contributed by atoms with Gasteiger partial charge in [-0.2, -0.15) is 0 Å². The van der Waals surface area contributed by atoms with Gasteiger partial charge in [-0.3, -0.25) is 19.5 Å². The molecule has 9 nitrogen and oxygen atoms in total. The molecule has 0 bridgehead atoms. The van der Waals surface area contributed by atoms with Crippen LogP contribution < -0.4 is 14.9 Å². The predicted molar refractivity (Wildman–Crippen MR) is 150 cm³/mol. The first-order chi connectivity index (χ1) is 18.7. The van der Waals surface area contributed by atoms with Crippen LogP contribution in [0.4, 0.5) is 5.69 Å². The number of thiazole rings is 1. The third kappa shape index (κ3) is 5.12. The molecule has 0 amide bonds. The summed E-state index contributed by atoms with van der Waals surface area (Å²) in [5, 5.41) is 11.3. The Morgan fingerprint density at radius 1 is 1.26 bits per heavy atom. The van der Waals surface area contributed by atoms with E-state index in [1.807, 2.05) is 24.3 Å². The molecule has 2 aromatic heterocycles. The summed E-state index contributed by atoms with van der Waals surface area (Å²) >= 11 is 10.5. The Bertz CT molecular complexity index is 1840. The molecular formula is C27H19BrClN3O6S. The van der Waals surface area contributed by atoms with E-state index in [4.69, 9.17) is 20.8 Å². The number of esters is 1. The fraction of sp³-hybridized carbons (Fsp3) is 0.148. The first-order valence-corrected chi connectivity index (χ1v) is 13.7. The highest BCUT2D eigenvalue weighted by Gasteiger charge is 2.33. The van der Waals surface area contributed by atoms with Gasteiger partial charge >= 0.3 is 5.97 Å². The molecule has 0 spiro atoms. The number of ether oxygens (including phenoxy) is 1. The second kappa shape index (κ2) is 10.8. The first kappa shape index (κ1) is 26.8. The van der Waals surface area contributed by atoms with Gasteiger partial charge in [0.1, 0.15) is 16.5 Å². The molecule has 0 unspecified atom stereocenters. The molecular weight excluding hydrogens is 610 g/mol. The summed E-state index contributed by atoms with van der Waals surface area (Å²) in [6.07, 6.45) is 1.58. The van der Waals surface area contributed by atoms with Crippen LogP contribution in [0.15, 0.2) is 84.5 Å². The molecule has 3 heterocycles. The van der Waals surface area contributed by atoms with Crippen molar-refractivity contribution >= 4 is 56.6 Å². The van der Waals surface area contributed by atoms with Crippen LogP contribution in [-0.4, -0.2) is 22.1 Å². The highest BCUT2D eigenvalue weighted by Crippen LogP contribution is 2.32. The summed E-state index contributed by atoms with van der Waals surface area (Å²) in [7, 11) is 0. The van der Waals surface area contributed by atoms with Crippen molar-refractivity contribution in [1.29, 1.82) is 0 Å². The number of nitro benzene ring substituents is 1. The quantitative estimate of drug-likeness (QED) is 0.161. The molecule has 39 heavy (non-hydrogen) atoms. The molecule has 0 aliphatic carbocycles. The second-order valence-corrected chi connectivity index (χ2v) is 10.8. The summed E-state index contributed by atoms with van der Waals surface area (Å²) in [5.74, 6) is 0.213. The summed E-state index contributed by atoms with van der Waals surface area (Å²) in [6, 6.07) is 14.3. The van der Waals surface area contributed by atoms with E-state index in [-0.39, 0.29) is 22.9 Å². The number of halogens is 2. The molecule has 2 aromatic carbocycles. The topological polar surface area (TPSA) is 117 Å². The van der Waals surface area contributed by atoms with Gasteiger partial charge in [0.2, 0.25) is 0 Å². The van der Waals surface area contributed by atoms with Gasteiger partial charge in [0.15, 0.2) is 4.80 Å². The molecule has 0 N–H and O–H groups in total. The van der Waals surface area contributed by atoms with Gasteiger partial charge < -0.3 is 9.15 Å². The van der Waals surface area contributed by atoms with E-state index in [2.05, 4.69) is 20.9 Å². The smallest absolute Gasteiger partial charge is 0.338 e. The Labute approximate surface area is 238 Å². The van der Waals surface area contributed by atoms with Gasteiger partial charge in [-0.25, -0.2) is 9.79 Å². The lowest BCUT2D eigenvalue weighted by atomic mass is 9.96. The van der Waals surface area contributed by atoms with Gasteiger partial charge in [-0.15, -0.1) is 0 Å². The second-order valence-electron chi connectivity index (χ2n) is 8.48. The monoisotopic (exact) mass is 627 g/mol. The third-order valence-electron chi connectivity index (χ3n) is 6.03. The van der Waals surface area contributed by atoms with Crippen molar-refractivity contribution in [3.05, 3.63) is 116 Å². The largest absolute Gasteiger partial charge is 0.463 e. The molecule has 0 saturated heterocycles. The highest BCUT2D eigenvalue weighted by molar-refractivity contribution is 9.10. The summed E-state index contributed by atoms with van der Waals surface area (Å²) in [6.45, 7) is 3.63. The fourth-order valence-corrected chi connectivity index (χ4v) is 5.75. The van der Waals surface area contributed by atoms with Crippen molar-refractivity contribution in [2.45, 2.75) is 19.9 Å². The van der Waals surface area contributed by atoms with E-state index < -0.39 is 16.9 Å². The number of benzene rings is 2. The molecule has 4 aromatic rings. The van der Waals surface area contributed by atoms with Gasteiger partial charge in [-0.05, 0) is 55.8 Å². The maximum Gasteiger partial charge on any atom is 0.338 e. The molecule has 1 aliphatic heterocycles. The molecule has 12 heteroatoms. The first-order valence-electron chi connectivity index (χ1n) is 11.7. The molecule has 198 valence electrons. The van der Waals surface area contributed by atoms with Crippen LogP contribution in [0.5, 0.6) is 0 Å². The van der Waals surface area contributed by atoms with Crippen LogP contribution in [0.3, 0.4) is 0 Å². The van der Waals surface area contributed by atoms with Crippen molar-refractivity contribution in [3.63, 3.8) is 0 Å². The summed E-state index contributed by atoms with van der Waals surface area (Å²) < 4.78 is 13.9. The molecule has 0 radical (unpaired) electrons. The third-order valence-corrected chi connectivity index (χ3v) is 7.86. The van der Waals surface area contributed by atoms with Crippen LogP contribution in [-0.2, 0) is 9.53 Å². The zero-order chi connectivity index (χ0) is 27.8. The molecule has 0 fully saturated rings. The Morgan fingerprint density at radius 3 is 2.69 bits per heavy atom. The number of hydrogen-bond donors (Lipinski definition) is 0. The number of carbonyl (C=O) groups is 1. The zero-order valence-electron chi connectivity index (χ0n) is 20.5. The Kier molecular flexibility index (Phi) is 7.39. The van der Waals surface area contributed by atoms with E-state index in [9.17, 15) is 19.7 Å². The average molecular weight is 629 g/mol. The number of furan rings is 1. The van der Waals surface area contributed by atoms with Gasteiger partial charge in [-0.1, -0.05) is 51.0 Å². The van der Waals surface area contributed by atoms with Crippen LogP contribution in [0.1, 0.15) is 31.2 Å². The van der Waals surface area contributed by atoms with Gasteiger partial charge in [0.05, 0.1) is 33.4 Å². The summed E-state index contributed by atoms with van der Waals surface area (Å²) in [4.78, 5) is 42.4. The Balaban J connectivity index is 1.61. The van der Waals surface area contributed by atoms with Gasteiger partial charge in [0.25, 0.3) is 11.2 Å². The Hall–Kier alpha value is -3.80. The SMILES string of the molecule is CCOC(=O)C1=C(C)N=c2s/c(=C\c3ccc(-c4ccc(Cl)c([N+](=O)[O-])c4)o3)c(=O)n2[C@@H]1c1ccc(Br)cc1. The van der Waals surface area contributed by atoms with Crippen LogP contribution in [0.2, 0.25) is 5.02 Å². The lowest BCUT2D eigenvalue weighted by Gasteiger charge is -2.24. The zero-order valence-corrected chi connectivity index (χ0v) is 23.7. The summed E-state index contributed by atoms with van der Waals surface area (Å²) in [5.41, 5.74) is 1.38. The lowest BCUT2D eigenvalue weighted by Crippen LogP contribution is -2.39. The van der Waals surface area contributed by atoms with Crippen LogP contribution in [0.25, 0.3) is 17.4 Å². The average Bonchev–Trinajstić information content (AvgIpc) is 3.48. The number of rotatable bonds is 6. The minimum atomic E-state index is -0.725. The van der Waals surface area contributed by atoms with Crippen LogP contribution >= 0.6 is 38.9 Å². The minimum absolute atomic E-state index is 0.0226. The number of allylic oxidation sites excluding steroid dienone is 1. The molecule has 1 aliphatic rings. The molecule has 0 saturated carbocycles. The van der Waals surface area contributed by atoms with E-state index in [0.717, 1.165) is 10.0 Å². The van der Waals surface area contributed by atoms with E-state index in [1.54, 1.807) is 38.1 Å². The van der Waals surface area contributed by atoms with Crippen molar-refractivity contribution in [1.82, 2.24) is 4.57 Å². The number of carbonyl (C=O) groups excluding carboxylic acids is 1. The van der Waals surface area contributed by atoms with E-state index >= 15 is 0 Å². The highest BCUT2D eigenvalue weighted by atomic mass is 79.9. The maximum absolute atomic E-state index is 13.7. The predicted octanol–water partition coefficient (Wildman–Crippen LogP) is 5.38.